The second-order valence-corrected chi connectivity index (χ2v) is 5.67. The average molecular weight is 306 g/mol. The van der Waals surface area contributed by atoms with E-state index in [0.717, 1.165) is 22.3 Å². The van der Waals surface area contributed by atoms with E-state index in [1.165, 1.54) is 12.1 Å². The Hall–Kier alpha value is -2.65. The van der Waals surface area contributed by atoms with E-state index in [1.807, 2.05) is 42.5 Å². The molecule has 0 fully saturated rings. The molecule has 2 nitrogen and oxygen atoms in total. The molecule has 1 atom stereocenters. The maximum absolute atomic E-state index is 13.3. The van der Waals surface area contributed by atoms with Gasteiger partial charge in [0.05, 0.1) is 7.11 Å². The van der Waals surface area contributed by atoms with Gasteiger partial charge in [0.1, 0.15) is 17.2 Å². The lowest BCUT2D eigenvalue weighted by atomic mass is 9.84. The zero-order valence-corrected chi connectivity index (χ0v) is 12.6. The van der Waals surface area contributed by atoms with Gasteiger partial charge in [-0.1, -0.05) is 42.5 Å². The van der Waals surface area contributed by atoms with Gasteiger partial charge >= 0.3 is 0 Å². The highest BCUT2D eigenvalue weighted by atomic mass is 19.1. The number of fused-ring (bicyclic) bond motifs is 3. The molecule has 0 amide bonds. The van der Waals surface area contributed by atoms with E-state index in [1.54, 1.807) is 19.2 Å². The molecule has 114 valence electrons. The minimum absolute atomic E-state index is 0.325. The second kappa shape index (κ2) is 4.93. The number of hydrogen-bond acceptors (Lipinski definition) is 2. The molecule has 0 saturated carbocycles. The van der Waals surface area contributed by atoms with Crippen molar-refractivity contribution < 1.29 is 14.2 Å². The highest BCUT2D eigenvalue weighted by Gasteiger charge is 2.43. The Balaban J connectivity index is 2.04. The molecular formula is C20H15FO2. The predicted molar refractivity (Wildman–Crippen MR) is 86.9 cm³/mol. The molecule has 1 aliphatic rings. The lowest BCUT2D eigenvalue weighted by Gasteiger charge is -2.26. The summed E-state index contributed by atoms with van der Waals surface area (Å²) in [5.41, 5.74) is 2.83. The quantitative estimate of drug-likeness (QED) is 0.772. The van der Waals surface area contributed by atoms with Crippen molar-refractivity contribution in [2.24, 2.45) is 0 Å². The van der Waals surface area contributed by atoms with Crippen LogP contribution >= 0.6 is 0 Å². The van der Waals surface area contributed by atoms with Crippen molar-refractivity contribution in [3.63, 3.8) is 0 Å². The van der Waals surface area contributed by atoms with Gasteiger partial charge in [0.15, 0.2) is 0 Å². The molecule has 3 aromatic carbocycles. The first-order valence-corrected chi connectivity index (χ1v) is 7.41. The summed E-state index contributed by atoms with van der Waals surface area (Å²) >= 11 is 0. The van der Waals surface area contributed by atoms with Crippen LogP contribution in [0, 0.1) is 5.82 Å². The fourth-order valence-corrected chi connectivity index (χ4v) is 3.37. The molecule has 0 heterocycles. The van der Waals surface area contributed by atoms with Crippen LogP contribution in [-0.4, -0.2) is 12.2 Å². The number of halogens is 1. The number of benzene rings is 3. The molecule has 0 unspecified atom stereocenters. The van der Waals surface area contributed by atoms with Gasteiger partial charge in [-0.25, -0.2) is 4.39 Å². The van der Waals surface area contributed by atoms with Crippen molar-refractivity contribution in [1.82, 2.24) is 0 Å². The molecule has 0 bridgehead atoms. The van der Waals surface area contributed by atoms with Gasteiger partial charge in [-0.3, -0.25) is 0 Å². The fraction of sp³-hybridized carbons (Fsp3) is 0.100. The number of ether oxygens (including phenoxy) is 1. The fourth-order valence-electron chi connectivity index (χ4n) is 3.37. The molecule has 4 rings (SSSR count). The zero-order valence-electron chi connectivity index (χ0n) is 12.6. The molecule has 0 aromatic heterocycles. The molecule has 0 radical (unpaired) electrons. The maximum atomic E-state index is 13.3. The van der Waals surface area contributed by atoms with E-state index >= 15 is 0 Å². The molecule has 0 saturated heterocycles. The normalized spacial score (nSPS) is 18.4. The number of rotatable bonds is 2. The third-order valence-corrected chi connectivity index (χ3v) is 4.49. The van der Waals surface area contributed by atoms with Crippen LogP contribution in [-0.2, 0) is 5.60 Å². The van der Waals surface area contributed by atoms with Crippen molar-refractivity contribution in [3.05, 3.63) is 89.2 Å². The molecule has 1 N–H and O–H groups in total. The summed E-state index contributed by atoms with van der Waals surface area (Å²) in [4.78, 5) is 0. The first-order chi connectivity index (χ1) is 11.1. The first-order valence-electron chi connectivity index (χ1n) is 7.41. The predicted octanol–water partition coefficient (Wildman–Crippen LogP) is 4.10. The van der Waals surface area contributed by atoms with E-state index in [-0.39, 0.29) is 5.82 Å². The van der Waals surface area contributed by atoms with Crippen molar-refractivity contribution in [2.75, 3.05) is 7.11 Å². The van der Waals surface area contributed by atoms with Crippen molar-refractivity contribution in [1.29, 1.82) is 0 Å². The largest absolute Gasteiger partial charge is 0.497 e. The SMILES string of the molecule is COc1ccc2c(c1)[C@@](O)(c1ccc(F)cc1)c1ccccc1-2. The number of aliphatic hydroxyl groups is 1. The van der Waals surface area contributed by atoms with E-state index in [2.05, 4.69) is 0 Å². The highest BCUT2D eigenvalue weighted by Crippen LogP contribution is 2.51. The summed E-state index contributed by atoms with van der Waals surface area (Å²) in [5.74, 6) is 0.353. The summed E-state index contributed by atoms with van der Waals surface area (Å²) in [6, 6.07) is 19.4. The Labute approximate surface area is 133 Å². The Morgan fingerprint density at radius 3 is 2.30 bits per heavy atom. The molecule has 0 spiro atoms. The summed E-state index contributed by atoms with van der Waals surface area (Å²) < 4.78 is 18.6. The lowest BCUT2D eigenvalue weighted by molar-refractivity contribution is 0.130. The van der Waals surface area contributed by atoms with Crippen LogP contribution in [0.2, 0.25) is 0 Å². The standard InChI is InChI=1S/C20H15FO2/c1-23-15-10-11-17-16-4-2-3-5-18(16)20(22,19(17)12-15)13-6-8-14(21)9-7-13/h2-12,22H,1H3/t20-/m1/s1. The van der Waals surface area contributed by atoms with E-state index in [4.69, 9.17) is 4.74 Å². The van der Waals surface area contributed by atoms with Gasteiger partial charge in [-0.05, 0) is 41.0 Å². The van der Waals surface area contributed by atoms with Gasteiger partial charge < -0.3 is 9.84 Å². The van der Waals surface area contributed by atoms with Crippen LogP contribution in [0.3, 0.4) is 0 Å². The Kier molecular flexibility index (Phi) is 3.00. The molecule has 0 aliphatic heterocycles. The lowest BCUT2D eigenvalue weighted by Crippen LogP contribution is -2.26. The topological polar surface area (TPSA) is 29.5 Å². The smallest absolute Gasteiger partial charge is 0.141 e. The summed E-state index contributed by atoms with van der Waals surface area (Å²) in [6.45, 7) is 0. The zero-order chi connectivity index (χ0) is 16.0. The van der Waals surface area contributed by atoms with E-state index < -0.39 is 5.60 Å². The van der Waals surface area contributed by atoms with Crippen molar-refractivity contribution in [3.8, 4) is 16.9 Å². The monoisotopic (exact) mass is 306 g/mol. The molecule has 3 aromatic rings. The summed E-state index contributed by atoms with van der Waals surface area (Å²) in [6.07, 6.45) is 0. The molecule has 23 heavy (non-hydrogen) atoms. The van der Waals surface area contributed by atoms with Crippen molar-refractivity contribution >= 4 is 0 Å². The van der Waals surface area contributed by atoms with Gasteiger partial charge in [0, 0.05) is 11.1 Å². The molecular weight excluding hydrogens is 291 g/mol. The number of hydrogen-bond donors (Lipinski definition) is 1. The Morgan fingerprint density at radius 1 is 0.870 bits per heavy atom. The van der Waals surface area contributed by atoms with Crippen LogP contribution in [0.1, 0.15) is 16.7 Å². The van der Waals surface area contributed by atoms with Crippen molar-refractivity contribution in [2.45, 2.75) is 5.60 Å². The van der Waals surface area contributed by atoms with Crippen LogP contribution < -0.4 is 4.74 Å². The summed E-state index contributed by atoms with van der Waals surface area (Å²) in [7, 11) is 1.60. The van der Waals surface area contributed by atoms with Gasteiger partial charge in [-0.15, -0.1) is 0 Å². The molecule has 1 aliphatic carbocycles. The second-order valence-electron chi connectivity index (χ2n) is 5.67. The van der Waals surface area contributed by atoms with Crippen LogP contribution in [0.15, 0.2) is 66.7 Å². The highest BCUT2D eigenvalue weighted by molar-refractivity contribution is 5.82. The van der Waals surface area contributed by atoms with Gasteiger partial charge in [0.2, 0.25) is 0 Å². The van der Waals surface area contributed by atoms with Gasteiger partial charge in [-0.2, -0.15) is 0 Å². The third kappa shape index (κ3) is 1.90. The van der Waals surface area contributed by atoms with E-state index in [9.17, 15) is 9.50 Å². The molecule has 3 heteroatoms. The Bertz CT molecular complexity index is 886. The first kappa shape index (κ1) is 14.0. The third-order valence-electron chi connectivity index (χ3n) is 4.49. The van der Waals surface area contributed by atoms with Crippen LogP contribution in [0.4, 0.5) is 4.39 Å². The van der Waals surface area contributed by atoms with E-state index in [0.29, 0.717) is 11.3 Å². The average Bonchev–Trinajstić information content (AvgIpc) is 2.86. The van der Waals surface area contributed by atoms with Crippen LogP contribution in [0.25, 0.3) is 11.1 Å². The summed E-state index contributed by atoms with van der Waals surface area (Å²) in [5, 5.41) is 11.6. The maximum Gasteiger partial charge on any atom is 0.141 e. The number of methoxy groups -OCH3 is 1. The minimum atomic E-state index is -1.31. The Morgan fingerprint density at radius 2 is 1.57 bits per heavy atom. The minimum Gasteiger partial charge on any atom is -0.497 e. The van der Waals surface area contributed by atoms with Crippen LogP contribution in [0.5, 0.6) is 5.75 Å². The van der Waals surface area contributed by atoms with Gasteiger partial charge in [0.25, 0.3) is 0 Å².